The number of rotatable bonds is 1. The van der Waals surface area contributed by atoms with Crippen molar-refractivity contribution in [2.45, 2.75) is 12.5 Å². The van der Waals surface area contributed by atoms with E-state index < -0.39 is 18.0 Å². The van der Waals surface area contributed by atoms with Crippen LogP contribution in [0.15, 0.2) is 0 Å². The van der Waals surface area contributed by atoms with Crippen molar-refractivity contribution in [3.05, 3.63) is 0 Å². The molecule has 0 aromatic rings. The molecule has 2 fully saturated rings. The fourth-order valence-corrected chi connectivity index (χ4v) is 2.00. The highest BCUT2D eigenvalue weighted by atomic mass is 16.2. The maximum Gasteiger partial charge on any atom is 0.322 e. The number of piperazine rings is 1. The van der Waals surface area contributed by atoms with Gasteiger partial charge in [-0.3, -0.25) is 14.9 Å². The van der Waals surface area contributed by atoms with Crippen LogP contribution in [-0.4, -0.2) is 66.9 Å². The number of likely N-dealkylation sites (N-methyl/N-ethyl adjacent to an activating group) is 1. The Labute approximate surface area is 99.1 Å². The summed E-state index contributed by atoms with van der Waals surface area (Å²) in [4.78, 5) is 38.2. The molecule has 0 aromatic heterocycles. The molecule has 0 bridgehead atoms. The molecule has 2 aliphatic rings. The smallest absolute Gasteiger partial charge is 0.322 e. The van der Waals surface area contributed by atoms with Gasteiger partial charge >= 0.3 is 6.03 Å². The molecule has 1 atom stereocenters. The van der Waals surface area contributed by atoms with Crippen molar-refractivity contribution < 1.29 is 14.4 Å². The highest BCUT2D eigenvalue weighted by Crippen LogP contribution is 2.06. The lowest BCUT2D eigenvalue weighted by Crippen LogP contribution is -2.60. The molecule has 0 aliphatic carbocycles. The molecule has 2 saturated heterocycles. The highest BCUT2D eigenvalue weighted by molar-refractivity contribution is 6.02. The first kappa shape index (κ1) is 11.8. The van der Waals surface area contributed by atoms with E-state index in [-0.39, 0.29) is 12.3 Å². The molecule has 2 N–H and O–H groups in total. The fourth-order valence-electron chi connectivity index (χ4n) is 2.00. The number of hydrogen-bond acceptors (Lipinski definition) is 4. The summed E-state index contributed by atoms with van der Waals surface area (Å²) in [5.74, 6) is -0.567. The van der Waals surface area contributed by atoms with E-state index in [4.69, 9.17) is 0 Å². The van der Waals surface area contributed by atoms with Gasteiger partial charge in [-0.25, -0.2) is 4.79 Å². The van der Waals surface area contributed by atoms with E-state index in [0.717, 1.165) is 13.1 Å². The van der Waals surface area contributed by atoms with E-state index in [1.165, 1.54) is 0 Å². The van der Waals surface area contributed by atoms with Crippen LogP contribution >= 0.6 is 0 Å². The Hall–Kier alpha value is -1.63. The lowest BCUT2D eigenvalue weighted by Gasteiger charge is -2.35. The van der Waals surface area contributed by atoms with Crippen molar-refractivity contribution in [3.8, 4) is 0 Å². The van der Waals surface area contributed by atoms with Gasteiger partial charge in [-0.15, -0.1) is 0 Å². The molecule has 17 heavy (non-hydrogen) atoms. The van der Waals surface area contributed by atoms with Crippen molar-refractivity contribution in [2.75, 3.05) is 33.2 Å². The van der Waals surface area contributed by atoms with Crippen LogP contribution in [0.3, 0.4) is 0 Å². The van der Waals surface area contributed by atoms with Gasteiger partial charge in [0.15, 0.2) is 0 Å². The number of amides is 4. The highest BCUT2D eigenvalue weighted by Gasteiger charge is 2.33. The predicted octanol–water partition coefficient (Wildman–Crippen LogP) is -1.64. The van der Waals surface area contributed by atoms with E-state index in [9.17, 15) is 14.4 Å². The van der Waals surface area contributed by atoms with Gasteiger partial charge in [-0.05, 0) is 7.05 Å². The number of nitrogens with one attached hydrogen (secondary N) is 2. The standard InChI is InChI=1S/C10H16N4O3/c1-13-2-4-14(5-3-13)9(16)7-6-8(15)12-10(17)11-7/h7H,2-6H2,1H3,(H2,11,12,15,17). The number of carbonyl (C=O) groups excluding carboxylic acids is 3. The molecule has 4 amide bonds. The Morgan fingerprint density at radius 2 is 1.88 bits per heavy atom. The van der Waals surface area contributed by atoms with Crippen molar-refractivity contribution >= 4 is 17.8 Å². The molecule has 0 spiro atoms. The molecule has 7 heteroatoms. The summed E-state index contributed by atoms with van der Waals surface area (Å²) in [6.07, 6.45) is 0.0247. The Kier molecular flexibility index (Phi) is 3.28. The van der Waals surface area contributed by atoms with Crippen LogP contribution in [0.1, 0.15) is 6.42 Å². The lowest BCUT2D eigenvalue weighted by molar-refractivity contribution is -0.137. The minimum atomic E-state index is -0.709. The normalized spacial score (nSPS) is 26.4. The molecular weight excluding hydrogens is 224 g/mol. The largest absolute Gasteiger partial charge is 0.338 e. The summed E-state index contributed by atoms with van der Waals surface area (Å²) < 4.78 is 0. The predicted molar refractivity (Wildman–Crippen MR) is 59.2 cm³/mol. The Balaban J connectivity index is 1.95. The van der Waals surface area contributed by atoms with Crippen molar-refractivity contribution in [1.82, 2.24) is 20.4 Å². The topological polar surface area (TPSA) is 81.8 Å². The van der Waals surface area contributed by atoms with Crippen LogP contribution < -0.4 is 10.6 Å². The number of carbonyl (C=O) groups is 3. The second-order valence-corrected chi connectivity index (χ2v) is 4.41. The summed E-state index contributed by atoms with van der Waals surface area (Å²) in [6, 6.07) is -1.30. The zero-order valence-electron chi connectivity index (χ0n) is 9.73. The van der Waals surface area contributed by atoms with E-state index in [2.05, 4.69) is 15.5 Å². The Bertz CT molecular complexity index is 333. The number of hydrogen-bond donors (Lipinski definition) is 2. The monoisotopic (exact) mass is 240 g/mol. The van der Waals surface area contributed by atoms with E-state index in [0.29, 0.717) is 13.1 Å². The second kappa shape index (κ2) is 4.70. The lowest BCUT2D eigenvalue weighted by atomic mass is 10.1. The average Bonchev–Trinajstić information content (AvgIpc) is 2.28. The first-order chi connectivity index (χ1) is 8.06. The van der Waals surface area contributed by atoms with Crippen LogP contribution in [0.2, 0.25) is 0 Å². The fraction of sp³-hybridized carbons (Fsp3) is 0.700. The SMILES string of the molecule is CN1CCN(C(=O)C2CC(=O)NC(=O)N2)CC1. The molecule has 2 rings (SSSR count). The van der Waals surface area contributed by atoms with Crippen molar-refractivity contribution in [1.29, 1.82) is 0 Å². The number of imide groups is 1. The van der Waals surface area contributed by atoms with Gasteiger partial charge < -0.3 is 15.1 Å². The molecule has 7 nitrogen and oxygen atoms in total. The minimum absolute atomic E-state index is 0.0247. The maximum absolute atomic E-state index is 12.1. The third-order valence-electron chi connectivity index (χ3n) is 3.06. The Morgan fingerprint density at radius 1 is 1.24 bits per heavy atom. The first-order valence-electron chi connectivity index (χ1n) is 5.64. The molecule has 2 heterocycles. The van der Waals surface area contributed by atoms with Crippen LogP contribution in [-0.2, 0) is 9.59 Å². The van der Waals surface area contributed by atoms with Gasteiger partial charge in [-0.1, -0.05) is 0 Å². The summed E-state index contributed by atoms with van der Waals surface area (Å²) >= 11 is 0. The summed E-state index contributed by atoms with van der Waals surface area (Å²) in [5, 5.41) is 4.59. The van der Waals surface area contributed by atoms with E-state index >= 15 is 0 Å². The van der Waals surface area contributed by atoms with E-state index in [1.807, 2.05) is 7.05 Å². The zero-order valence-corrected chi connectivity index (χ0v) is 9.73. The maximum atomic E-state index is 12.1. The summed E-state index contributed by atoms with van der Waals surface area (Å²) in [7, 11) is 2.00. The zero-order chi connectivity index (χ0) is 12.4. The quantitative estimate of drug-likeness (QED) is 0.576. The number of urea groups is 1. The van der Waals surface area contributed by atoms with Crippen LogP contribution in [0.4, 0.5) is 4.79 Å². The molecule has 94 valence electrons. The van der Waals surface area contributed by atoms with Gasteiger partial charge in [0, 0.05) is 26.2 Å². The minimum Gasteiger partial charge on any atom is -0.338 e. The molecule has 0 radical (unpaired) electrons. The molecule has 0 aromatic carbocycles. The number of nitrogens with zero attached hydrogens (tertiary/aromatic N) is 2. The van der Waals surface area contributed by atoms with Gasteiger partial charge in [0.05, 0.1) is 6.42 Å². The van der Waals surface area contributed by atoms with Gasteiger partial charge in [0.1, 0.15) is 6.04 Å². The Morgan fingerprint density at radius 3 is 2.47 bits per heavy atom. The third-order valence-corrected chi connectivity index (χ3v) is 3.06. The van der Waals surface area contributed by atoms with Gasteiger partial charge in [0.25, 0.3) is 0 Å². The van der Waals surface area contributed by atoms with Crippen LogP contribution in [0.25, 0.3) is 0 Å². The average molecular weight is 240 g/mol. The molecular formula is C10H16N4O3. The molecule has 1 unspecified atom stereocenters. The van der Waals surface area contributed by atoms with Crippen LogP contribution in [0.5, 0.6) is 0 Å². The van der Waals surface area contributed by atoms with Crippen molar-refractivity contribution in [2.24, 2.45) is 0 Å². The van der Waals surface area contributed by atoms with Gasteiger partial charge in [-0.2, -0.15) is 0 Å². The molecule has 0 saturated carbocycles. The summed E-state index contributed by atoms with van der Waals surface area (Å²) in [6.45, 7) is 2.92. The van der Waals surface area contributed by atoms with E-state index in [1.54, 1.807) is 4.90 Å². The third kappa shape index (κ3) is 2.73. The second-order valence-electron chi connectivity index (χ2n) is 4.41. The first-order valence-corrected chi connectivity index (χ1v) is 5.64. The van der Waals surface area contributed by atoms with Crippen LogP contribution in [0, 0.1) is 0 Å². The molecule has 2 aliphatic heterocycles. The van der Waals surface area contributed by atoms with Crippen molar-refractivity contribution in [3.63, 3.8) is 0 Å². The summed E-state index contributed by atoms with van der Waals surface area (Å²) in [5.41, 5.74) is 0. The van der Waals surface area contributed by atoms with Gasteiger partial charge in [0.2, 0.25) is 11.8 Å².